The van der Waals surface area contributed by atoms with Crippen LogP contribution in [-0.4, -0.2) is 52.5 Å². The first-order chi connectivity index (χ1) is 10.3. The molecule has 9 nitrogen and oxygen atoms in total. The molecule has 0 bridgehead atoms. The van der Waals surface area contributed by atoms with Crippen molar-refractivity contribution in [2.45, 2.75) is 64.7 Å². The molecule has 3 amide bonds. The molecule has 132 valence electrons. The highest BCUT2D eigenvalue weighted by Crippen LogP contribution is 2.01. The Labute approximate surface area is 135 Å². The maximum Gasteiger partial charge on any atom is 0.326 e. The summed E-state index contributed by atoms with van der Waals surface area (Å²) in [7, 11) is 0. The Morgan fingerprint density at radius 2 is 1.48 bits per heavy atom. The molecule has 0 aliphatic carbocycles. The SMILES string of the molecule is C[C@H](NC(C)(C)C)C(=O)N[C@H](C)C(=O)N[C@@H](CC(N)=O)C(=O)O. The Hall–Kier alpha value is -2.16. The van der Waals surface area contributed by atoms with Crippen molar-refractivity contribution >= 4 is 23.7 Å². The zero-order valence-corrected chi connectivity index (χ0v) is 14.1. The van der Waals surface area contributed by atoms with Crippen LogP contribution in [-0.2, 0) is 19.2 Å². The Kier molecular flexibility index (Phi) is 7.67. The molecule has 0 heterocycles. The number of hydrogen-bond donors (Lipinski definition) is 5. The van der Waals surface area contributed by atoms with Crippen LogP contribution in [0.15, 0.2) is 0 Å². The fourth-order valence-electron chi connectivity index (χ4n) is 1.82. The first-order valence-corrected chi connectivity index (χ1v) is 7.23. The quantitative estimate of drug-likeness (QED) is 0.374. The highest BCUT2D eigenvalue weighted by Gasteiger charge is 2.27. The van der Waals surface area contributed by atoms with Gasteiger partial charge in [0.1, 0.15) is 12.1 Å². The van der Waals surface area contributed by atoms with Crippen molar-refractivity contribution in [3.63, 3.8) is 0 Å². The van der Waals surface area contributed by atoms with Gasteiger partial charge in [0.2, 0.25) is 17.7 Å². The normalized spacial score (nSPS) is 15.2. The number of nitrogens with two attached hydrogens (primary N) is 1. The van der Waals surface area contributed by atoms with Crippen LogP contribution in [0.25, 0.3) is 0 Å². The maximum atomic E-state index is 12.0. The molecule has 0 radical (unpaired) electrons. The van der Waals surface area contributed by atoms with Gasteiger partial charge >= 0.3 is 5.97 Å². The minimum absolute atomic E-state index is 0.280. The number of amides is 3. The average Bonchev–Trinajstić information content (AvgIpc) is 2.34. The van der Waals surface area contributed by atoms with Crippen molar-refractivity contribution in [2.24, 2.45) is 5.73 Å². The molecule has 23 heavy (non-hydrogen) atoms. The highest BCUT2D eigenvalue weighted by molar-refractivity contribution is 5.92. The van der Waals surface area contributed by atoms with Gasteiger partial charge in [0.05, 0.1) is 12.5 Å². The van der Waals surface area contributed by atoms with E-state index in [4.69, 9.17) is 10.8 Å². The van der Waals surface area contributed by atoms with E-state index in [0.29, 0.717) is 0 Å². The monoisotopic (exact) mass is 330 g/mol. The second-order valence-corrected chi connectivity index (χ2v) is 6.42. The van der Waals surface area contributed by atoms with Gasteiger partial charge in [-0.2, -0.15) is 0 Å². The van der Waals surface area contributed by atoms with E-state index in [2.05, 4.69) is 16.0 Å². The van der Waals surface area contributed by atoms with E-state index in [1.807, 2.05) is 20.8 Å². The van der Waals surface area contributed by atoms with E-state index >= 15 is 0 Å². The number of carbonyl (C=O) groups is 4. The van der Waals surface area contributed by atoms with Crippen molar-refractivity contribution in [2.75, 3.05) is 0 Å². The number of carboxylic acids is 1. The summed E-state index contributed by atoms with van der Waals surface area (Å²) in [5.74, 6) is -3.34. The van der Waals surface area contributed by atoms with Crippen molar-refractivity contribution < 1.29 is 24.3 Å². The smallest absolute Gasteiger partial charge is 0.326 e. The van der Waals surface area contributed by atoms with Gasteiger partial charge in [-0.25, -0.2) is 4.79 Å². The van der Waals surface area contributed by atoms with Crippen LogP contribution in [0.4, 0.5) is 0 Å². The third kappa shape index (κ3) is 8.77. The summed E-state index contributed by atoms with van der Waals surface area (Å²) < 4.78 is 0. The molecule has 0 aliphatic rings. The molecule has 0 aliphatic heterocycles. The van der Waals surface area contributed by atoms with Crippen molar-refractivity contribution in [1.82, 2.24) is 16.0 Å². The molecule has 0 saturated carbocycles. The molecule has 3 atom stereocenters. The van der Waals surface area contributed by atoms with E-state index in [0.717, 1.165) is 0 Å². The fourth-order valence-corrected chi connectivity index (χ4v) is 1.82. The fraction of sp³-hybridized carbons (Fsp3) is 0.714. The lowest BCUT2D eigenvalue weighted by molar-refractivity contribution is -0.143. The molecule has 9 heteroatoms. The van der Waals surface area contributed by atoms with Crippen LogP contribution in [0.1, 0.15) is 41.0 Å². The lowest BCUT2D eigenvalue weighted by atomic mass is 10.1. The standard InChI is InChI=1S/C14H26N4O5/c1-7(16-12(21)8(2)18-14(3,4)5)11(20)17-9(13(22)23)6-10(15)19/h7-9,18H,6H2,1-5H3,(H2,15,19)(H,16,21)(H,17,20)(H,22,23)/t7-,8+,9+/m1/s1. The van der Waals surface area contributed by atoms with Crippen LogP contribution in [0.2, 0.25) is 0 Å². The molecule has 0 fully saturated rings. The number of primary amides is 1. The van der Waals surface area contributed by atoms with Crippen LogP contribution >= 0.6 is 0 Å². The second kappa shape index (κ2) is 8.47. The number of carbonyl (C=O) groups excluding carboxylic acids is 3. The van der Waals surface area contributed by atoms with E-state index in [9.17, 15) is 19.2 Å². The van der Waals surface area contributed by atoms with Gasteiger partial charge in [-0.15, -0.1) is 0 Å². The van der Waals surface area contributed by atoms with Crippen molar-refractivity contribution in [1.29, 1.82) is 0 Å². The van der Waals surface area contributed by atoms with Gasteiger partial charge in [0, 0.05) is 5.54 Å². The van der Waals surface area contributed by atoms with Crippen molar-refractivity contribution in [3.05, 3.63) is 0 Å². The predicted molar refractivity (Wildman–Crippen MR) is 83.3 cm³/mol. The molecule has 6 N–H and O–H groups in total. The third-order valence-electron chi connectivity index (χ3n) is 2.81. The van der Waals surface area contributed by atoms with Gasteiger partial charge < -0.3 is 26.8 Å². The van der Waals surface area contributed by atoms with Crippen LogP contribution in [0.5, 0.6) is 0 Å². The average molecular weight is 330 g/mol. The van der Waals surface area contributed by atoms with E-state index < -0.39 is 48.2 Å². The highest BCUT2D eigenvalue weighted by atomic mass is 16.4. The zero-order chi connectivity index (χ0) is 18.4. The number of nitrogens with one attached hydrogen (secondary N) is 3. The van der Waals surface area contributed by atoms with E-state index in [1.54, 1.807) is 6.92 Å². The Bertz CT molecular complexity index is 472. The molecule has 0 saturated heterocycles. The summed E-state index contributed by atoms with van der Waals surface area (Å²) in [6.07, 6.45) is -0.524. The van der Waals surface area contributed by atoms with Crippen molar-refractivity contribution in [3.8, 4) is 0 Å². The lowest BCUT2D eigenvalue weighted by Gasteiger charge is -2.26. The third-order valence-corrected chi connectivity index (χ3v) is 2.81. The summed E-state index contributed by atoms with van der Waals surface area (Å²) in [5, 5.41) is 16.6. The van der Waals surface area contributed by atoms with E-state index in [1.165, 1.54) is 6.92 Å². The van der Waals surface area contributed by atoms with E-state index in [-0.39, 0.29) is 5.54 Å². The second-order valence-electron chi connectivity index (χ2n) is 6.42. The molecular formula is C14H26N4O5. The molecule has 0 rings (SSSR count). The molecular weight excluding hydrogens is 304 g/mol. The summed E-state index contributed by atoms with van der Waals surface area (Å²) in [4.78, 5) is 45.7. The Balaban J connectivity index is 4.62. The van der Waals surface area contributed by atoms with Gasteiger partial charge in [-0.1, -0.05) is 0 Å². The van der Waals surface area contributed by atoms with Gasteiger partial charge in [0.25, 0.3) is 0 Å². The van der Waals surface area contributed by atoms with Gasteiger partial charge in [-0.3, -0.25) is 14.4 Å². The molecule has 0 unspecified atom stereocenters. The maximum absolute atomic E-state index is 12.0. The molecule has 0 aromatic rings. The topological polar surface area (TPSA) is 151 Å². The predicted octanol–water partition coefficient (Wildman–Crippen LogP) is -1.29. The van der Waals surface area contributed by atoms with Gasteiger partial charge in [0.15, 0.2) is 0 Å². The summed E-state index contributed by atoms with van der Waals surface area (Å²) >= 11 is 0. The van der Waals surface area contributed by atoms with Gasteiger partial charge in [-0.05, 0) is 34.6 Å². The Morgan fingerprint density at radius 1 is 1.00 bits per heavy atom. The zero-order valence-electron chi connectivity index (χ0n) is 14.1. The number of rotatable bonds is 8. The Morgan fingerprint density at radius 3 is 1.87 bits per heavy atom. The summed E-state index contributed by atoms with van der Waals surface area (Å²) in [6, 6.07) is -2.92. The minimum Gasteiger partial charge on any atom is -0.480 e. The first kappa shape index (κ1) is 20.8. The molecule has 0 spiro atoms. The summed E-state index contributed by atoms with van der Waals surface area (Å²) in [5.41, 5.74) is 4.65. The van der Waals surface area contributed by atoms with Crippen LogP contribution < -0.4 is 21.7 Å². The number of aliphatic carboxylic acids is 1. The number of carboxylic acid groups (broad SMARTS) is 1. The number of hydrogen-bond acceptors (Lipinski definition) is 5. The lowest BCUT2D eigenvalue weighted by Crippen LogP contribution is -2.55. The summed E-state index contributed by atoms with van der Waals surface area (Å²) in [6.45, 7) is 8.76. The van der Waals surface area contributed by atoms with Crippen LogP contribution in [0, 0.1) is 0 Å². The molecule has 0 aromatic carbocycles. The first-order valence-electron chi connectivity index (χ1n) is 7.23. The van der Waals surface area contributed by atoms with Crippen LogP contribution in [0.3, 0.4) is 0 Å². The largest absolute Gasteiger partial charge is 0.480 e. The minimum atomic E-state index is -1.43. The molecule has 0 aromatic heterocycles.